The smallest absolute Gasteiger partial charge is 0.239 e. The van der Waals surface area contributed by atoms with E-state index in [0.29, 0.717) is 5.13 Å². The Morgan fingerprint density at radius 2 is 2.33 bits per heavy atom. The van der Waals surface area contributed by atoms with Crippen LogP contribution in [0, 0.1) is 6.92 Å². The molecule has 0 saturated heterocycles. The van der Waals surface area contributed by atoms with E-state index in [1.54, 1.807) is 6.92 Å². The molecule has 1 rings (SSSR count). The first-order valence-corrected chi connectivity index (χ1v) is 5.08. The summed E-state index contributed by atoms with van der Waals surface area (Å²) >= 11 is 4.51. The molecule has 66 valence electrons. The number of carbonyl (C=O) groups is 1. The summed E-state index contributed by atoms with van der Waals surface area (Å²) in [5, 5.41) is 11.5. The van der Waals surface area contributed by atoms with Crippen LogP contribution in [0.4, 0.5) is 5.13 Å². The number of rotatable bonds is 2. The van der Waals surface area contributed by atoms with Crippen LogP contribution in [0.2, 0.25) is 0 Å². The normalized spacial score (nSPS) is 12.6. The number of nitrogens with one attached hydrogen (secondary N) is 1. The van der Waals surface area contributed by atoms with Crippen LogP contribution in [0.3, 0.4) is 0 Å². The Labute approximate surface area is 82.5 Å². The van der Waals surface area contributed by atoms with Crippen molar-refractivity contribution in [1.82, 2.24) is 10.2 Å². The third-order valence-electron chi connectivity index (χ3n) is 1.12. The number of nitrogens with zero attached hydrogens (tertiary/aromatic N) is 2. The van der Waals surface area contributed by atoms with Gasteiger partial charge >= 0.3 is 0 Å². The summed E-state index contributed by atoms with van der Waals surface area (Å²) in [6.07, 6.45) is 0. The van der Waals surface area contributed by atoms with E-state index in [1.807, 2.05) is 6.92 Å². The zero-order chi connectivity index (χ0) is 9.14. The second-order valence-corrected chi connectivity index (χ2v) is 4.79. The standard InChI is InChI=1S/C6H8BrN3OS/c1-3(7)5(11)8-6-10-9-4(2)12-6/h3H,1-2H3,(H,8,10,11)/t3-/m0/s1. The second kappa shape index (κ2) is 3.95. The average Bonchev–Trinajstić information content (AvgIpc) is 2.35. The van der Waals surface area contributed by atoms with Crippen molar-refractivity contribution in [1.29, 1.82) is 0 Å². The molecule has 0 aromatic carbocycles. The molecule has 0 unspecified atom stereocenters. The number of carbonyl (C=O) groups excluding carboxylic acids is 1. The molecule has 12 heavy (non-hydrogen) atoms. The molecule has 1 aromatic rings. The van der Waals surface area contributed by atoms with E-state index in [2.05, 4.69) is 31.4 Å². The minimum atomic E-state index is -0.207. The lowest BCUT2D eigenvalue weighted by Crippen LogP contribution is -2.19. The highest BCUT2D eigenvalue weighted by Crippen LogP contribution is 2.14. The van der Waals surface area contributed by atoms with Gasteiger partial charge in [0.25, 0.3) is 0 Å². The van der Waals surface area contributed by atoms with Gasteiger partial charge in [0.05, 0.1) is 4.83 Å². The van der Waals surface area contributed by atoms with Crippen molar-refractivity contribution >= 4 is 38.3 Å². The van der Waals surface area contributed by atoms with Crippen LogP contribution < -0.4 is 5.32 Å². The van der Waals surface area contributed by atoms with Gasteiger partial charge in [-0.15, -0.1) is 10.2 Å². The lowest BCUT2D eigenvalue weighted by molar-refractivity contribution is -0.115. The van der Waals surface area contributed by atoms with Crippen molar-refractivity contribution in [3.05, 3.63) is 5.01 Å². The summed E-state index contributed by atoms with van der Waals surface area (Å²) in [6.45, 7) is 3.59. The molecule has 0 aliphatic rings. The Bertz CT molecular complexity index is 286. The van der Waals surface area contributed by atoms with Crippen molar-refractivity contribution < 1.29 is 4.79 Å². The Kier molecular flexibility index (Phi) is 3.16. The largest absolute Gasteiger partial charge is 0.300 e. The molecular weight excluding hydrogens is 242 g/mol. The summed E-state index contributed by atoms with van der Waals surface area (Å²) in [6, 6.07) is 0. The van der Waals surface area contributed by atoms with Crippen LogP contribution in [0.5, 0.6) is 0 Å². The van der Waals surface area contributed by atoms with Crippen molar-refractivity contribution in [2.75, 3.05) is 5.32 Å². The molecule has 1 atom stereocenters. The molecule has 1 heterocycles. The topological polar surface area (TPSA) is 54.9 Å². The molecule has 1 amide bonds. The lowest BCUT2D eigenvalue weighted by Gasteiger charge is -2.00. The predicted octanol–water partition coefficient (Wildman–Crippen LogP) is 1.57. The van der Waals surface area contributed by atoms with E-state index in [1.165, 1.54) is 11.3 Å². The fourth-order valence-corrected chi connectivity index (χ4v) is 1.26. The van der Waals surface area contributed by atoms with Crippen molar-refractivity contribution in [3.63, 3.8) is 0 Å². The quantitative estimate of drug-likeness (QED) is 0.810. The average molecular weight is 250 g/mol. The minimum Gasteiger partial charge on any atom is -0.300 e. The van der Waals surface area contributed by atoms with E-state index in [9.17, 15) is 4.79 Å². The summed E-state index contributed by atoms with van der Waals surface area (Å²) in [7, 11) is 0. The van der Waals surface area contributed by atoms with Crippen molar-refractivity contribution in [3.8, 4) is 0 Å². The number of aromatic nitrogens is 2. The van der Waals surface area contributed by atoms with Gasteiger partial charge in [-0.1, -0.05) is 27.3 Å². The first-order chi connectivity index (χ1) is 5.59. The SMILES string of the molecule is Cc1nnc(NC(=O)[C@H](C)Br)s1. The number of hydrogen-bond acceptors (Lipinski definition) is 4. The van der Waals surface area contributed by atoms with Crippen LogP contribution in [0.15, 0.2) is 0 Å². The fraction of sp³-hybridized carbons (Fsp3) is 0.500. The van der Waals surface area contributed by atoms with E-state index in [-0.39, 0.29) is 10.7 Å². The van der Waals surface area contributed by atoms with Crippen LogP contribution in [0.25, 0.3) is 0 Å². The number of alkyl halides is 1. The molecule has 0 aliphatic carbocycles. The fourth-order valence-electron chi connectivity index (χ4n) is 0.552. The summed E-state index contributed by atoms with van der Waals surface area (Å²) in [5.74, 6) is -0.105. The van der Waals surface area contributed by atoms with Gasteiger partial charge in [-0.25, -0.2) is 0 Å². The van der Waals surface area contributed by atoms with Gasteiger partial charge in [-0.2, -0.15) is 0 Å². The van der Waals surface area contributed by atoms with Crippen molar-refractivity contribution in [2.24, 2.45) is 0 Å². The number of aryl methyl sites for hydroxylation is 1. The zero-order valence-corrected chi connectivity index (χ0v) is 9.07. The summed E-state index contributed by atoms with van der Waals surface area (Å²) in [4.78, 5) is 10.9. The third kappa shape index (κ3) is 2.53. The van der Waals surface area contributed by atoms with E-state index < -0.39 is 0 Å². The Hall–Kier alpha value is -0.490. The number of hydrogen-bond donors (Lipinski definition) is 1. The minimum absolute atomic E-state index is 0.105. The Balaban J connectivity index is 2.58. The van der Waals surface area contributed by atoms with Gasteiger partial charge in [-0.3, -0.25) is 10.1 Å². The van der Waals surface area contributed by atoms with Crippen LogP contribution >= 0.6 is 27.3 Å². The molecule has 1 aromatic heterocycles. The lowest BCUT2D eigenvalue weighted by atomic mass is 10.5. The molecule has 6 heteroatoms. The van der Waals surface area contributed by atoms with Crippen LogP contribution in [-0.4, -0.2) is 20.9 Å². The Morgan fingerprint density at radius 3 is 2.75 bits per heavy atom. The monoisotopic (exact) mass is 249 g/mol. The van der Waals surface area contributed by atoms with E-state index in [4.69, 9.17) is 0 Å². The molecule has 0 bridgehead atoms. The van der Waals surface area contributed by atoms with Gasteiger partial charge < -0.3 is 0 Å². The molecule has 0 fully saturated rings. The highest BCUT2D eigenvalue weighted by Gasteiger charge is 2.10. The van der Waals surface area contributed by atoms with Gasteiger partial charge in [0.15, 0.2) is 0 Å². The number of anilines is 1. The van der Waals surface area contributed by atoms with Gasteiger partial charge in [0.2, 0.25) is 11.0 Å². The van der Waals surface area contributed by atoms with Gasteiger partial charge in [0.1, 0.15) is 5.01 Å². The number of amides is 1. The van der Waals surface area contributed by atoms with Gasteiger partial charge in [0, 0.05) is 0 Å². The molecule has 1 N–H and O–H groups in total. The molecule has 0 aliphatic heterocycles. The highest BCUT2D eigenvalue weighted by molar-refractivity contribution is 9.10. The number of halogens is 1. The molecule has 0 saturated carbocycles. The summed E-state index contributed by atoms with van der Waals surface area (Å²) in [5.41, 5.74) is 0. The van der Waals surface area contributed by atoms with E-state index >= 15 is 0 Å². The van der Waals surface area contributed by atoms with Crippen LogP contribution in [0.1, 0.15) is 11.9 Å². The maximum Gasteiger partial charge on any atom is 0.239 e. The molecule has 0 radical (unpaired) electrons. The van der Waals surface area contributed by atoms with Crippen LogP contribution in [-0.2, 0) is 4.79 Å². The van der Waals surface area contributed by atoms with Crippen molar-refractivity contribution in [2.45, 2.75) is 18.7 Å². The summed E-state index contributed by atoms with van der Waals surface area (Å²) < 4.78 is 0. The first-order valence-electron chi connectivity index (χ1n) is 3.34. The van der Waals surface area contributed by atoms with E-state index in [0.717, 1.165) is 5.01 Å². The third-order valence-corrected chi connectivity index (χ3v) is 2.29. The highest BCUT2D eigenvalue weighted by atomic mass is 79.9. The molecule has 0 spiro atoms. The zero-order valence-electron chi connectivity index (χ0n) is 6.67. The molecular formula is C6H8BrN3OS. The maximum absolute atomic E-state index is 11.1. The Morgan fingerprint density at radius 1 is 1.67 bits per heavy atom. The maximum atomic E-state index is 11.1. The van der Waals surface area contributed by atoms with Gasteiger partial charge in [-0.05, 0) is 13.8 Å². The predicted molar refractivity (Wildman–Crippen MR) is 51.7 cm³/mol. The molecule has 4 nitrogen and oxygen atoms in total. The second-order valence-electron chi connectivity index (χ2n) is 2.23. The first kappa shape index (κ1) is 9.60.